The molecule has 1 aromatic heterocycles. The molecule has 162 valence electrons. The molecule has 2 aromatic carbocycles. The van der Waals surface area contributed by atoms with Crippen LogP contribution in [0.3, 0.4) is 0 Å². The van der Waals surface area contributed by atoms with Crippen molar-refractivity contribution >= 4 is 40.7 Å². The first-order valence-corrected chi connectivity index (χ1v) is 11.0. The number of benzene rings is 2. The van der Waals surface area contributed by atoms with Crippen LogP contribution in [0, 0.1) is 0 Å². The highest BCUT2D eigenvalue weighted by atomic mass is 32.1. The van der Waals surface area contributed by atoms with Crippen LogP contribution in [-0.4, -0.2) is 41.2 Å². The molecule has 0 saturated heterocycles. The average Bonchev–Trinajstić information content (AvgIpc) is 3.40. The van der Waals surface area contributed by atoms with Gasteiger partial charge in [0.05, 0.1) is 29.0 Å². The summed E-state index contributed by atoms with van der Waals surface area (Å²) in [7, 11) is 0. The van der Waals surface area contributed by atoms with E-state index in [1.165, 1.54) is 11.3 Å². The summed E-state index contributed by atoms with van der Waals surface area (Å²) in [6.07, 6.45) is 0.163. The third-order valence-corrected chi connectivity index (χ3v) is 5.99. The first-order chi connectivity index (χ1) is 15.5. The zero-order valence-corrected chi connectivity index (χ0v) is 18.1. The van der Waals surface area contributed by atoms with Crippen LogP contribution in [0.1, 0.15) is 42.9 Å². The fourth-order valence-electron chi connectivity index (χ4n) is 3.61. The van der Waals surface area contributed by atoms with Crippen LogP contribution in [0.5, 0.6) is 0 Å². The summed E-state index contributed by atoms with van der Waals surface area (Å²) < 4.78 is 5.06. The predicted molar refractivity (Wildman–Crippen MR) is 120 cm³/mol. The summed E-state index contributed by atoms with van der Waals surface area (Å²) in [5.74, 6) is -2.16. The van der Waals surface area contributed by atoms with E-state index in [2.05, 4.69) is 5.32 Å². The lowest BCUT2D eigenvalue weighted by Gasteiger charge is -2.25. The van der Waals surface area contributed by atoms with E-state index in [0.717, 1.165) is 9.78 Å². The van der Waals surface area contributed by atoms with E-state index < -0.39 is 29.7 Å². The summed E-state index contributed by atoms with van der Waals surface area (Å²) in [6.45, 7) is 1.88. The number of imide groups is 1. The van der Waals surface area contributed by atoms with Crippen LogP contribution in [-0.2, 0) is 16.0 Å². The SMILES string of the molecule is CCOC(=O)c1ccccc1NC(=O)C(Cc1cccs1)N1C(=O)c2ccccc2C1=O. The van der Waals surface area contributed by atoms with Crippen molar-refractivity contribution in [2.75, 3.05) is 11.9 Å². The molecule has 0 fully saturated rings. The molecular weight excluding hydrogens is 428 g/mol. The molecule has 8 heteroatoms. The smallest absolute Gasteiger partial charge is 0.340 e. The van der Waals surface area contributed by atoms with Crippen molar-refractivity contribution in [3.05, 3.63) is 87.6 Å². The maximum atomic E-state index is 13.4. The zero-order chi connectivity index (χ0) is 22.7. The van der Waals surface area contributed by atoms with E-state index >= 15 is 0 Å². The molecule has 0 bridgehead atoms. The first kappa shape index (κ1) is 21.5. The van der Waals surface area contributed by atoms with Gasteiger partial charge < -0.3 is 10.1 Å². The number of rotatable bonds is 7. The Bertz CT molecular complexity index is 1150. The number of nitrogens with one attached hydrogen (secondary N) is 1. The van der Waals surface area contributed by atoms with Gasteiger partial charge in [-0.25, -0.2) is 4.79 Å². The number of para-hydroxylation sites is 1. The summed E-state index contributed by atoms with van der Waals surface area (Å²) in [5, 5.41) is 4.59. The second-order valence-electron chi connectivity index (χ2n) is 7.08. The average molecular weight is 449 g/mol. The Hall–Kier alpha value is -3.78. The number of hydrogen-bond acceptors (Lipinski definition) is 6. The molecule has 1 atom stereocenters. The third-order valence-electron chi connectivity index (χ3n) is 5.09. The molecule has 1 N–H and O–H groups in total. The number of nitrogens with zero attached hydrogens (tertiary/aromatic N) is 1. The molecule has 4 rings (SSSR count). The molecule has 0 aliphatic carbocycles. The second-order valence-corrected chi connectivity index (χ2v) is 8.11. The molecule has 1 unspecified atom stereocenters. The number of anilines is 1. The number of amides is 3. The van der Waals surface area contributed by atoms with Crippen molar-refractivity contribution < 1.29 is 23.9 Å². The molecule has 7 nitrogen and oxygen atoms in total. The van der Waals surface area contributed by atoms with Crippen molar-refractivity contribution in [3.63, 3.8) is 0 Å². The normalized spacial score (nSPS) is 13.6. The highest BCUT2D eigenvalue weighted by Gasteiger charge is 2.43. The van der Waals surface area contributed by atoms with Crippen LogP contribution in [0.2, 0.25) is 0 Å². The van der Waals surface area contributed by atoms with Crippen molar-refractivity contribution in [1.29, 1.82) is 0 Å². The predicted octanol–water partition coefficient (Wildman–Crippen LogP) is 3.77. The first-order valence-electron chi connectivity index (χ1n) is 10.1. The largest absolute Gasteiger partial charge is 0.462 e. The van der Waals surface area contributed by atoms with Gasteiger partial charge >= 0.3 is 5.97 Å². The summed E-state index contributed by atoms with van der Waals surface area (Å²) in [6, 6.07) is 15.6. The Morgan fingerprint density at radius 2 is 1.62 bits per heavy atom. The molecule has 0 saturated carbocycles. The topological polar surface area (TPSA) is 92.8 Å². The van der Waals surface area contributed by atoms with Crippen LogP contribution in [0.4, 0.5) is 5.69 Å². The number of fused-ring (bicyclic) bond motifs is 1. The Morgan fingerprint density at radius 1 is 0.969 bits per heavy atom. The van der Waals surface area contributed by atoms with Crippen LogP contribution in [0.15, 0.2) is 66.0 Å². The number of carbonyl (C=O) groups is 4. The van der Waals surface area contributed by atoms with E-state index in [1.807, 2.05) is 17.5 Å². The van der Waals surface area contributed by atoms with Crippen LogP contribution >= 0.6 is 11.3 Å². The van der Waals surface area contributed by atoms with Gasteiger partial charge in [0.25, 0.3) is 11.8 Å². The molecule has 1 aliphatic rings. The van der Waals surface area contributed by atoms with Gasteiger partial charge in [-0.3, -0.25) is 19.3 Å². The fourth-order valence-corrected chi connectivity index (χ4v) is 4.35. The van der Waals surface area contributed by atoms with Crippen molar-refractivity contribution in [1.82, 2.24) is 4.90 Å². The van der Waals surface area contributed by atoms with Gasteiger partial charge in [0.2, 0.25) is 5.91 Å². The van der Waals surface area contributed by atoms with Gasteiger partial charge in [0.1, 0.15) is 6.04 Å². The van der Waals surface area contributed by atoms with E-state index in [1.54, 1.807) is 55.5 Å². The second kappa shape index (κ2) is 9.15. The van der Waals surface area contributed by atoms with Crippen LogP contribution < -0.4 is 5.32 Å². The minimum atomic E-state index is -1.09. The lowest BCUT2D eigenvalue weighted by atomic mass is 10.1. The monoisotopic (exact) mass is 448 g/mol. The minimum absolute atomic E-state index is 0.163. The highest BCUT2D eigenvalue weighted by Crippen LogP contribution is 2.28. The Kier molecular flexibility index (Phi) is 6.13. The lowest BCUT2D eigenvalue weighted by Crippen LogP contribution is -2.48. The van der Waals surface area contributed by atoms with Crippen LogP contribution in [0.25, 0.3) is 0 Å². The zero-order valence-electron chi connectivity index (χ0n) is 17.2. The van der Waals surface area contributed by atoms with Crippen molar-refractivity contribution in [2.24, 2.45) is 0 Å². The molecule has 0 spiro atoms. The van der Waals surface area contributed by atoms with Crippen molar-refractivity contribution in [3.8, 4) is 0 Å². The summed E-state index contributed by atoms with van der Waals surface area (Å²) in [4.78, 5) is 53.6. The van der Waals surface area contributed by atoms with E-state index in [9.17, 15) is 19.2 Å². The molecule has 3 amide bonds. The van der Waals surface area contributed by atoms with E-state index in [4.69, 9.17) is 4.74 Å². The molecule has 2 heterocycles. The number of esters is 1. The molecular formula is C24H20N2O5S. The van der Waals surface area contributed by atoms with Gasteiger partial charge in [-0.05, 0) is 42.6 Å². The van der Waals surface area contributed by atoms with Gasteiger partial charge in [0, 0.05) is 11.3 Å². The number of carbonyl (C=O) groups excluding carboxylic acids is 4. The van der Waals surface area contributed by atoms with Gasteiger partial charge in [-0.2, -0.15) is 0 Å². The van der Waals surface area contributed by atoms with Crippen molar-refractivity contribution in [2.45, 2.75) is 19.4 Å². The summed E-state index contributed by atoms with van der Waals surface area (Å²) >= 11 is 1.43. The number of ether oxygens (including phenoxy) is 1. The molecule has 1 aliphatic heterocycles. The van der Waals surface area contributed by atoms with E-state index in [0.29, 0.717) is 0 Å². The minimum Gasteiger partial charge on any atom is -0.462 e. The number of hydrogen-bond donors (Lipinski definition) is 1. The van der Waals surface area contributed by atoms with E-state index in [-0.39, 0.29) is 35.4 Å². The molecule has 32 heavy (non-hydrogen) atoms. The van der Waals surface area contributed by atoms with Gasteiger partial charge in [-0.15, -0.1) is 11.3 Å². The maximum absolute atomic E-state index is 13.4. The Balaban J connectivity index is 1.67. The maximum Gasteiger partial charge on any atom is 0.340 e. The quantitative estimate of drug-likeness (QED) is 0.439. The Labute approximate surface area is 188 Å². The highest BCUT2D eigenvalue weighted by molar-refractivity contribution is 7.09. The summed E-state index contributed by atoms with van der Waals surface area (Å²) in [5.41, 5.74) is 0.991. The standard InChI is InChI=1S/C24H20N2O5S/c1-2-31-24(30)18-11-5-6-12-19(18)25-21(27)20(14-15-8-7-13-32-15)26-22(28)16-9-3-4-10-17(16)23(26)29/h3-13,20H,2,14H2,1H3,(H,25,27). The third kappa shape index (κ3) is 4.04. The molecule has 3 aromatic rings. The van der Waals surface area contributed by atoms with Gasteiger partial charge in [0.15, 0.2) is 0 Å². The Morgan fingerprint density at radius 3 is 2.25 bits per heavy atom. The van der Waals surface area contributed by atoms with Gasteiger partial charge in [-0.1, -0.05) is 30.3 Å². The molecule has 0 radical (unpaired) electrons. The lowest BCUT2D eigenvalue weighted by molar-refractivity contribution is -0.119. The fraction of sp³-hybridized carbons (Fsp3) is 0.167. The number of thiophene rings is 1.